The van der Waals surface area contributed by atoms with Gasteiger partial charge in [0.05, 0.1) is 17.3 Å². The summed E-state index contributed by atoms with van der Waals surface area (Å²) < 4.78 is 36.8. The maximum Gasteiger partial charge on any atom is 0.417 e. The number of nitrogens with one attached hydrogen (secondary N) is 1. The molecule has 0 radical (unpaired) electrons. The summed E-state index contributed by atoms with van der Waals surface area (Å²) in [5, 5.41) is 2.20. The van der Waals surface area contributed by atoms with Crippen molar-refractivity contribution in [1.29, 1.82) is 0 Å². The van der Waals surface area contributed by atoms with Crippen LogP contribution in [0, 0.1) is 0 Å². The molecule has 0 aliphatic carbocycles. The Labute approximate surface area is 100 Å². The van der Waals surface area contributed by atoms with Crippen LogP contribution in [-0.2, 0) is 15.8 Å². The van der Waals surface area contributed by atoms with Crippen molar-refractivity contribution < 1.29 is 22.8 Å². The Morgan fingerprint density at radius 3 is 2.39 bits per heavy atom. The van der Waals surface area contributed by atoms with Crippen LogP contribution < -0.4 is 11.1 Å². The molecule has 1 heterocycles. The summed E-state index contributed by atoms with van der Waals surface area (Å²) in [6, 6.07) is 1.25. The minimum atomic E-state index is -4.47. The van der Waals surface area contributed by atoms with E-state index in [1.54, 1.807) is 0 Å². The zero-order chi connectivity index (χ0) is 13.9. The van der Waals surface area contributed by atoms with Crippen LogP contribution in [-0.4, -0.2) is 16.8 Å². The molecule has 0 fully saturated rings. The first-order valence-electron chi connectivity index (χ1n) is 4.85. The van der Waals surface area contributed by atoms with E-state index < -0.39 is 29.6 Å². The minimum Gasteiger partial charge on any atom is -0.361 e. The largest absolute Gasteiger partial charge is 0.417 e. The van der Waals surface area contributed by atoms with Crippen LogP contribution in [0.25, 0.3) is 0 Å². The molecule has 0 saturated carbocycles. The van der Waals surface area contributed by atoms with Gasteiger partial charge in [0.15, 0.2) is 0 Å². The molecule has 0 bridgehead atoms. The molecule has 1 aromatic rings. The number of amides is 2. The van der Waals surface area contributed by atoms with E-state index in [1.165, 1.54) is 6.92 Å². The van der Waals surface area contributed by atoms with Gasteiger partial charge in [-0.05, 0) is 19.1 Å². The smallest absolute Gasteiger partial charge is 0.361 e. The predicted octanol–water partition coefficient (Wildman–Crippen LogP) is 0.763. The Bertz CT molecular complexity index is 456. The van der Waals surface area contributed by atoms with Crippen molar-refractivity contribution in [2.24, 2.45) is 5.73 Å². The monoisotopic (exact) mass is 261 g/mol. The van der Waals surface area contributed by atoms with Crippen LogP contribution in [0.4, 0.5) is 13.2 Å². The summed E-state index contributed by atoms with van der Waals surface area (Å²) in [7, 11) is 0. The lowest BCUT2D eigenvalue weighted by Gasteiger charge is -2.13. The maximum atomic E-state index is 12.3. The molecule has 8 heteroatoms. The van der Waals surface area contributed by atoms with Gasteiger partial charge in [0.25, 0.3) is 0 Å². The predicted molar refractivity (Wildman–Crippen MR) is 55.0 cm³/mol. The topological polar surface area (TPSA) is 85.1 Å². The van der Waals surface area contributed by atoms with Crippen molar-refractivity contribution in [3.8, 4) is 0 Å². The molecule has 1 aromatic heterocycles. The van der Waals surface area contributed by atoms with Crippen molar-refractivity contribution in [3.05, 3.63) is 29.6 Å². The molecule has 98 valence electrons. The summed E-state index contributed by atoms with van der Waals surface area (Å²) in [6.07, 6.45) is -3.81. The third-order valence-corrected chi connectivity index (χ3v) is 2.13. The number of carbonyl (C=O) groups excluding carboxylic acids is 2. The number of hydrogen-bond donors (Lipinski definition) is 2. The molecule has 1 unspecified atom stereocenters. The van der Waals surface area contributed by atoms with Crippen LogP contribution in [0.2, 0.25) is 0 Å². The molecule has 5 nitrogen and oxygen atoms in total. The third-order valence-electron chi connectivity index (χ3n) is 2.13. The molecule has 0 aliphatic heterocycles. The van der Waals surface area contributed by atoms with E-state index in [0.717, 1.165) is 12.1 Å². The van der Waals surface area contributed by atoms with Crippen LogP contribution in [0.5, 0.6) is 0 Å². The molecule has 3 N–H and O–H groups in total. The van der Waals surface area contributed by atoms with Gasteiger partial charge in [-0.2, -0.15) is 13.2 Å². The standard InChI is InChI=1S/C10H10F3N3O2/c1-5(16-9(18)8(14)17)7-3-2-6(4-15-7)10(11,12)13/h2-5H,1H3,(H2,14,17)(H,16,18). The zero-order valence-electron chi connectivity index (χ0n) is 9.28. The number of alkyl halides is 3. The number of rotatable bonds is 2. The Kier molecular flexibility index (Phi) is 3.89. The summed E-state index contributed by atoms with van der Waals surface area (Å²) in [4.78, 5) is 25.0. The van der Waals surface area contributed by atoms with E-state index in [0.29, 0.717) is 6.20 Å². The fourth-order valence-electron chi connectivity index (χ4n) is 1.17. The van der Waals surface area contributed by atoms with E-state index >= 15 is 0 Å². The second-order valence-electron chi connectivity index (χ2n) is 3.53. The highest BCUT2D eigenvalue weighted by atomic mass is 19.4. The minimum absolute atomic E-state index is 0.192. The highest BCUT2D eigenvalue weighted by Gasteiger charge is 2.30. The van der Waals surface area contributed by atoms with E-state index in [1.807, 2.05) is 0 Å². The Balaban J connectivity index is 2.79. The van der Waals surface area contributed by atoms with Gasteiger partial charge >= 0.3 is 18.0 Å². The molecule has 0 saturated heterocycles. The molecular formula is C10H10F3N3O2. The molecule has 1 atom stereocenters. The van der Waals surface area contributed by atoms with Gasteiger partial charge in [-0.15, -0.1) is 0 Å². The second-order valence-corrected chi connectivity index (χ2v) is 3.53. The summed E-state index contributed by atoms with van der Waals surface area (Å²) in [5.74, 6) is -2.20. The maximum absolute atomic E-state index is 12.3. The van der Waals surface area contributed by atoms with Crippen molar-refractivity contribution in [3.63, 3.8) is 0 Å². The van der Waals surface area contributed by atoms with E-state index in [9.17, 15) is 22.8 Å². The van der Waals surface area contributed by atoms with E-state index in [-0.39, 0.29) is 5.69 Å². The molecular weight excluding hydrogens is 251 g/mol. The summed E-state index contributed by atoms with van der Waals surface area (Å²) in [6.45, 7) is 1.47. The van der Waals surface area contributed by atoms with E-state index in [2.05, 4.69) is 10.3 Å². The first-order chi connectivity index (χ1) is 8.21. The second kappa shape index (κ2) is 5.03. The Morgan fingerprint density at radius 2 is 2.00 bits per heavy atom. The molecule has 18 heavy (non-hydrogen) atoms. The van der Waals surface area contributed by atoms with E-state index in [4.69, 9.17) is 5.73 Å². The van der Waals surface area contributed by atoms with Crippen LogP contribution in [0.15, 0.2) is 18.3 Å². The number of nitrogens with two attached hydrogens (primary N) is 1. The van der Waals surface area contributed by atoms with Gasteiger partial charge in [-0.3, -0.25) is 14.6 Å². The molecule has 2 amide bonds. The third kappa shape index (κ3) is 3.44. The van der Waals surface area contributed by atoms with Gasteiger partial charge in [0.1, 0.15) is 0 Å². The average Bonchev–Trinajstić information content (AvgIpc) is 2.27. The average molecular weight is 261 g/mol. The van der Waals surface area contributed by atoms with Gasteiger partial charge in [-0.25, -0.2) is 0 Å². The van der Waals surface area contributed by atoms with Crippen LogP contribution >= 0.6 is 0 Å². The van der Waals surface area contributed by atoms with Crippen LogP contribution in [0.3, 0.4) is 0 Å². The number of nitrogens with zero attached hydrogens (tertiary/aromatic N) is 1. The summed E-state index contributed by atoms with van der Waals surface area (Å²) in [5.41, 5.74) is 4.03. The number of hydrogen-bond acceptors (Lipinski definition) is 3. The van der Waals surface area contributed by atoms with Crippen molar-refractivity contribution in [1.82, 2.24) is 10.3 Å². The zero-order valence-corrected chi connectivity index (χ0v) is 9.28. The van der Waals surface area contributed by atoms with Crippen molar-refractivity contribution in [2.75, 3.05) is 0 Å². The lowest BCUT2D eigenvalue weighted by atomic mass is 10.2. The quantitative estimate of drug-likeness (QED) is 0.771. The lowest BCUT2D eigenvalue weighted by Crippen LogP contribution is -2.37. The number of pyridine rings is 1. The highest BCUT2D eigenvalue weighted by Crippen LogP contribution is 2.28. The molecule has 0 aliphatic rings. The highest BCUT2D eigenvalue weighted by molar-refractivity contribution is 6.34. The number of carbonyl (C=O) groups is 2. The molecule has 0 aromatic carbocycles. The Morgan fingerprint density at radius 1 is 1.39 bits per heavy atom. The molecule has 1 rings (SSSR count). The van der Waals surface area contributed by atoms with Crippen molar-refractivity contribution in [2.45, 2.75) is 19.1 Å². The first kappa shape index (κ1) is 13.9. The number of halogens is 3. The van der Waals surface area contributed by atoms with Gasteiger partial charge in [0, 0.05) is 6.20 Å². The summed E-state index contributed by atoms with van der Waals surface area (Å²) >= 11 is 0. The first-order valence-corrected chi connectivity index (χ1v) is 4.85. The van der Waals surface area contributed by atoms with Gasteiger partial charge < -0.3 is 11.1 Å². The molecule has 0 spiro atoms. The fraction of sp³-hybridized carbons (Fsp3) is 0.300. The SMILES string of the molecule is CC(NC(=O)C(N)=O)c1ccc(C(F)(F)F)cn1. The number of aromatic nitrogens is 1. The Hall–Kier alpha value is -2.12. The van der Waals surface area contributed by atoms with Gasteiger partial charge in [0.2, 0.25) is 0 Å². The lowest BCUT2D eigenvalue weighted by molar-refractivity contribution is -0.138. The van der Waals surface area contributed by atoms with Crippen LogP contribution in [0.1, 0.15) is 24.2 Å². The van der Waals surface area contributed by atoms with Gasteiger partial charge in [-0.1, -0.05) is 0 Å². The van der Waals surface area contributed by atoms with Crippen molar-refractivity contribution >= 4 is 11.8 Å². The normalized spacial score (nSPS) is 12.9. The fourth-order valence-corrected chi connectivity index (χ4v) is 1.17. The number of primary amides is 1.